The first-order chi connectivity index (χ1) is 9.34. The van der Waals surface area contributed by atoms with Crippen molar-refractivity contribution in [2.45, 2.75) is 0 Å². The number of hydrogen-bond acceptors (Lipinski definition) is 2. The van der Waals surface area contributed by atoms with E-state index >= 15 is 0 Å². The summed E-state index contributed by atoms with van der Waals surface area (Å²) in [5, 5.41) is 5.50. The molecule has 0 atom stereocenters. The van der Waals surface area contributed by atoms with Gasteiger partial charge in [-0.2, -0.15) is 0 Å². The Kier molecular flexibility index (Phi) is 1.67. The molecule has 0 radical (unpaired) electrons. The first-order valence-corrected chi connectivity index (χ1v) is 5.85. The highest BCUT2D eigenvalue weighted by atomic mass is 14.7. The van der Waals surface area contributed by atoms with Gasteiger partial charge in [0.2, 0.25) is 0 Å². The van der Waals surface area contributed by atoms with Crippen LogP contribution in [0.1, 0.15) is 1.37 Å². The molecule has 4 aromatic rings. The number of fused-ring (bicyclic) bond motifs is 6. The van der Waals surface area contributed by atoms with Gasteiger partial charge in [0.1, 0.15) is 0 Å². The topological polar surface area (TPSA) is 25.8 Å². The average Bonchev–Trinajstić information content (AvgIpc) is 2.47. The second kappa shape index (κ2) is 3.50. The Bertz CT molecular complexity index is 896. The molecule has 0 aliphatic carbocycles. The van der Waals surface area contributed by atoms with Crippen molar-refractivity contribution in [3.05, 3.63) is 61.0 Å². The Hall–Kier alpha value is -2.48. The molecule has 0 saturated carbocycles. The largest absolute Gasteiger partial charge is 0.264 e. The molecule has 0 aliphatic heterocycles. The van der Waals surface area contributed by atoms with Crippen molar-refractivity contribution in [2.75, 3.05) is 0 Å². The van der Waals surface area contributed by atoms with Crippen molar-refractivity contribution in [1.29, 1.82) is 0 Å². The predicted molar refractivity (Wildman–Crippen MR) is 74.6 cm³/mol. The van der Waals surface area contributed by atoms with Crippen LogP contribution in [0.15, 0.2) is 61.0 Å². The van der Waals surface area contributed by atoms with E-state index in [-0.39, 0.29) is 0 Å². The zero-order valence-corrected chi connectivity index (χ0v) is 9.59. The van der Waals surface area contributed by atoms with Crippen LogP contribution in [-0.4, -0.2) is 9.97 Å². The van der Waals surface area contributed by atoms with Gasteiger partial charge in [0.25, 0.3) is 0 Å². The minimum Gasteiger partial charge on any atom is -0.264 e. The lowest BCUT2D eigenvalue weighted by Gasteiger charge is -2.08. The molecule has 0 fully saturated rings. The molecule has 2 heteroatoms. The van der Waals surface area contributed by atoms with E-state index in [4.69, 9.17) is 1.37 Å². The Morgan fingerprint density at radius 3 is 2.61 bits per heavy atom. The van der Waals surface area contributed by atoms with Gasteiger partial charge in [0.15, 0.2) is 0 Å². The zero-order valence-electron chi connectivity index (χ0n) is 10.6. The van der Waals surface area contributed by atoms with E-state index in [2.05, 4.69) is 16.0 Å². The van der Waals surface area contributed by atoms with Gasteiger partial charge in [0, 0.05) is 29.4 Å². The molecular formula is C16H10N2. The van der Waals surface area contributed by atoms with E-state index in [0.29, 0.717) is 6.04 Å². The highest BCUT2D eigenvalue weighted by Crippen LogP contribution is 2.32. The van der Waals surface area contributed by atoms with Crippen molar-refractivity contribution < 1.29 is 1.37 Å². The van der Waals surface area contributed by atoms with Crippen LogP contribution in [0.5, 0.6) is 0 Å². The molecule has 18 heavy (non-hydrogen) atoms. The van der Waals surface area contributed by atoms with Gasteiger partial charge < -0.3 is 0 Å². The van der Waals surface area contributed by atoms with Crippen molar-refractivity contribution in [1.82, 2.24) is 9.97 Å². The van der Waals surface area contributed by atoms with Gasteiger partial charge in [-0.1, -0.05) is 30.3 Å². The van der Waals surface area contributed by atoms with E-state index in [1.165, 1.54) is 0 Å². The Balaban J connectivity index is 2.43. The van der Waals surface area contributed by atoms with Crippen LogP contribution >= 0.6 is 0 Å². The number of nitrogens with zero attached hydrogens (tertiary/aromatic N) is 2. The number of aromatic nitrogens is 2. The number of rotatable bonds is 0. The molecule has 84 valence electrons. The van der Waals surface area contributed by atoms with E-state index in [1.807, 2.05) is 36.5 Å². The summed E-state index contributed by atoms with van der Waals surface area (Å²) in [6.07, 6.45) is 5.45. The van der Waals surface area contributed by atoms with Crippen LogP contribution in [0.3, 0.4) is 0 Å². The quantitative estimate of drug-likeness (QED) is 0.428. The van der Waals surface area contributed by atoms with Crippen LogP contribution in [0.25, 0.3) is 32.4 Å². The molecule has 0 N–H and O–H groups in total. The first kappa shape index (κ1) is 8.59. The molecule has 0 aliphatic rings. The normalized spacial score (nSPS) is 12.1. The van der Waals surface area contributed by atoms with Crippen LogP contribution in [0.2, 0.25) is 0 Å². The van der Waals surface area contributed by atoms with Gasteiger partial charge in [-0.3, -0.25) is 9.97 Å². The molecule has 0 saturated heterocycles. The number of pyridine rings is 2. The molecule has 2 aromatic carbocycles. The highest BCUT2D eigenvalue weighted by Gasteiger charge is 2.07. The monoisotopic (exact) mass is 231 g/mol. The van der Waals surface area contributed by atoms with Gasteiger partial charge in [-0.15, -0.1) is 0 Å². The molecular weight excluding hydrogens is 220 g/mol. The fourth-order valence-electron chi connectivity index (χ4n) is 2.54. The van der Waals surface area contributed by atoms with Crippen molar-refractivity contribution in [2.24, 2.45) is 0 Å². The molecule has 0 amide bonds. The van der Waals surface area contributed by atoms with E-state index in [0.717, 1.165) is 32.4 Å². The van der Waals surface area contributed by atoms with Crippen molar-refractivity contribution >= 4 is 32.4 Å². The van der Waals surface area contributed by atoms with E-state index < -0.39 is 0 Å². The summed E-state index contributed by atoms with van der Waals surface area (Å²) in [7, 11) is 0. The Morgan fingerprint density at radius 2 is 1.61 bits per heavy atom. The van der Waals surface area contributed by atoms with Crippen LogP contribution in [-0.2, 0) is 0 Å². The third-order valence-corrected chi connectivity index (χ3v) is 3.33. The smallest absolute Gasteiger partial charge is 0.0802 e. The molecule has 4 rings (SSSR count). The Labute approximate surface area is 105 Å². The van der Waals surface area contributed by atoms with E-state index in [1.54, 1.807) is 12.4 Å². The van der Waals surface area contributed by atoms with Gasteiger partial charge >= 0.3 is 0 Å². The summed E-state index contributed by atoms with van der Waals surface area (Å²) >= 11 is 0. The lowest BCUT2D eigenvalue weighted by atomic mass is 9.99. The zero-order chi connectivity index (χ0) is 12.8. The highest BCUT2D eigenvalue weighted by molar-refractivity contribution is 6.23. The number of hydrogen-bond donors (Lipinski definition) is 0. The maximum absolute atomic E-state index is 7.83. The van der Waals surface area contributed by atoms with Gasteiger partial charge in [-0.25, -0.2) is 0 Å². The summed E-state index contributed by atoms with van der Waals surface area (Å²) < 4.78 is 7.83. The number of benzene rings is 2. The van der Waals surface area contributed by atoms with Gasteiger partial charge in [-0.05, 0) is 28.3 Å². The second-order valence-corrected chi connectivity index (χ2v) is 4.29. The molecule has 2 heterocycles. The average molecular weight is 231 g/mol. The first-order valence-electron chi connectivity index (χ1n) is 6.35. The Morgan fingerprint density at radius 1 is 0.778 bits per heavy atom. The maximum atomic E-state index is 7.83. The van der Waals surface area contributed by atoms with Crippen molar-refractivity contribution in [3.63, 3.8) is 0 Å². The third kappa shape index (κ3) is 1.17. The second-order valence-electron chi connectivity index (χ2n) is 4.29. The summed E-state index contributed by atoms with van der Waals surface area (Å²) in [4.78, 5) is 8.70. The third-order valence-electron chi connectivity index (χ3n) is 3.33. The lowest BCUT2D eigenvalue weighted by molar-refractivity contribution is 1.36. The van der Waals surface area contributed by atoms with Gasteiger partial charge in [0.05, 0.1) is 6.89 Å². The summed E-state index contributed by atoms with van der Waals surface area (Å²) in [5.74, 6) is 0. The molecule has 0 bridgehead atoms. The SMILES string of the molecule is [2H]c1ccc2c(c1)c1cccnc1c1cnccc21. The summed E-state index contributed by atoms with van der Waals surface area (Å²) in [6.45, 7) is 0. The van der Waals surface area contributed by atoms with Crippen molar-refractivity contribution in [3.8, 4) is 0 Å². The minimum atomic E-state index is 0.519. The summed E-state index contributed by atoms with van der Waals surface area (Å²) in [5.41, 5.74) is 0.948. The van der Waals surface area contributed by atoms with Crippen LogP contribution < -0.4 is 0 Å². The molecule has 2 nitrogen and oxygen atoms in total. The standard InChI is InChI=1S/C16H10N2/c1-2-5-12-11(4-1)13-7-9-17-10-15(13)16-14(12)6-3-8-18-16/h1-10H/i2D. The lowest BCUT2D eigenvalue weighted by Crippen LogP contribution is -1.85. The summed E-state index contributed by atoms with van der Waals surface area (Å²) in [6, 6.07) is 12.2. The minimum absolute atomic E-state index is 0.519. The van der Waals surface area contributed by atoms with Crippen LogP contribution in [0.4, 0.5) is 0 Å². The van der Waals surface area contributed by atoms with E-state index in [9.17, 15) is 0 Å². The maximum Gasteiger partial charge on any atom is 0.0802 e. The fraction of sp³-hybridized carbons (Fsp3) is 0. The molecule has 2 aromatic heterocycles. The van der Waals surface area contributed by atoms with Crippen LogP contribution in [0, 0.1) is 0 Å². The molecule has 0 unspecified atom stereocenters. The fourth-order valence-corrected chi connectivity index (χ4v) is 2.54. The predicted octanol–water partition coefficient (Wildman–Crippen LogP) is 3.94. The molecule has 0 spiro atoms.